The van der Waals surface area contributed by atoms with Gasteiger partial charge in [0.05, 0.1) is 11.4 Å². The lowest BCUT2D eigenvalue weighted by Crippen LogP contribution is -2.44. The Labute approximate surface area is 138 Å². The molecule has 1 aromatic rings. The number of sulfonamides is 1. The molecule has 0 aromatic heterocycles. The summed E-state index contributed by atoms with van der Waals surface area (Å²) in [6.07, 6.45) is 1.57. The van der Waals surface area contributed by atoms with Crippen molar-refractivity contribution in [1.29, 1.82) is 0 Å². The molecule has 1 atom stereocenters. The highest BCUT2D eigenvalue weighted by Crippen LogP contribution is 2.25. The number of carbonyl (C=O) groups is 1. The lowest BCUT2D eigenvalue weighted by Gasteiger charge is -2.23. The third-order valence-electron chi connectivity index (χ3n) is 3.51. The molecule has 1 aromatic carbocycles. The maximum atomic E-state index is 13.8. The highest BCUT2D eigenvalue weighted by atomic mass is 79.9. The Bertz CT molecular complexity index is 666. The fraction of sp³-hybridized carbons (Fsp3) is 0.500. The molecule has 1 heterocycles. The monoisotopic (exact) mass is 392 g/mol. The number of nitrogens with one attached hydrogen (secondary N) is 1. The lowest BCUT2D eigenvalue weighted by molar-refractivity contribution is -0.119. The van der Waals surface area contributed by atoms with Gasteiger partial charge in [0.15, 0.2) is 0 Å². The van der Waals surface area contributed by atoms with Crippen LogP contribution in [0.3, 0.4) is 0 Å². The van der Waals surface area contributed by atoms with E-state index in [-0.39, 0.29) is 11.4 Å². The zero-order valence-electron chi connectivity index (χ0n) is 12.2. The summed E-state index contributed by atoms with van der Waals surface area (Å²) in [4.78, 5) is 12.3. The summed E-state index contributed by atoms with van der Waals surface area (Å²) in [5.41, 5.74) is 0.0490. The molecule has 1 aliphatic rings. The van der Waals surface area contributed by atoms with Gasteiger partial charge in [-0.3, -0.25) is 4.79 Å². The number of halogens is 2. The van der Waals surface area contributed by atoms with Crippen molar-refractivity contribution in [2.24, 2.45) is 0 Å². The maximum Gasteiger partial charge on any atom is 0.242 e. The zero-order chi connectivity index (χ0) is 16.3. The smallest absolute Gasteiger partial charge is 0.242 e. The maximum absolute atomic E-state index is 13.8. The molecule has 0 radical (unpaired) electrons. The Kier molecular flexibility index (Phi) is 5.57. The van der Waals surface area contributed by atoms with Crippen LogP contribution in [0.15, 0.2) is 22.7 Å². The van der Waals surface area contributed by atoms with Gasteiger partial charge in [-0.05, 0) is 37.5 Å². The van der Waals surface area contributed by atoms with E-state index < -0.39 is 27.8 Å². The number of rotatable bonds is 5. The third kappa shape index (κ3) is 3.85. The summed E-state index contributed by atoms with van der Waals surface area (Å²) in [5.74, 6) is -1.04. The molecule has 1 amide bonds. The Hall–Kier alpha value is -0.990. The van der Waals surface area contributed by atoms with Gasteiger partial charge in [0.2, 0.25) is 15.9 Å². The molecule has 0 spiro atoms. The number of nitrogens with zero attached hydrogens (tertiary/aromatic N) is 1. The molecule has 5 nitrogen and oxygen atoms in total. The van der Waals surface area contributed by atoms with Crippen LogP contribution < -0.4 is 5.32 Å². The standard InChI is InChI=1S/C14H18BrFN2O3S/c1-2-8-22(20,21)18-7-3-4-13(18)14(19)17-12-6-5-10(15)9-11(12)16/h5-6,9,13H,2-4,7-8H2,1H3,(H,17,19). The largest absolute Gasteiger partial charge is 0.322 e. The van der Waals surface area contributed by atoms with Crippen molar-refractivity contribution >= 4 is 37.5 Å². The Morgan fingerprint density at radius 1 is 1.50 bits per heavy atom. The predicted molar refractivity (Wildman–Crippen MR) is 86.5 cm³/mol. The minimum absolute atomic E-state index is 0.0173. The van der Waals surface area contributed by atoms with Crippen LogP contribution >= 0.6 is 15.9 Å². The van der Waals surface area contributed by atoms with Gasteiger partial charge in [0.1, 0.15) is 11.9 Å². The van der Waals surface area contributed by atoms with Crippen molar-refractivity contribution in [3.8, 4) is 0 Å². The fourth-order valence-corrected chi connectivity index (χ4v) is 4.60. The van der Waals surface area contributed by atoms with E-state index in [9.17, 15) is 17.6 Å². The highest BCUT2D eigenvalue weighted by Gasteiger charge is 2.38. The predicted octanol–water partition coefficient (Wildman–Crippen LogP) is 2.73. The second-order valence-electron chi connectivity index (χ2n) is 5.20. The summed E-state index contributed by atoms with van der Waals surface area (Å²) in [6, 6.07) is 3.53. The van der Waals surface area contributed by atoms with Gasteiger partial charge in [-0.25, -0.2) is 12.8 Å². The van der Waals surface area contributed by atoms with Crippen LogP contribution in [0.4, 0.5) is 10.1 Å². The van der Waals surface area contributed by atoms with Gasteiger partial charge < -0.3 is 5.32 Å². The van der Waals surface area contributed by atoms with Crippen molar-refractivity contribution in [3.63, 3.8) is 0 Å². The van der Waals surface area contributed by atoms with Crippen LogP contribution in [-0.4, -0.2) is 37.0 Å². The molecule has 1 aliphatic heterocycles. The highest BCUT2D eigenvalue weighted by molar-refractivity contribution is 9.10. The van der Waals surface area contributed by atoms with E-state index in [2.05, 4.69) is 21.2 Å². The van der Waals surface area contributed by atoms with Crippen LogP contribution in [0.2, 0.25) is 0 Å². The topological polar surface area (TPSA) is 66.5 Å². The molecule has 0 saturated carbocycles. The van der Waals surface area contributed by atoms with Crippen molar-refractivity contribution in [2.75, 3.05) is 17.6 Å². The fourth-order valence-electron chi connectivity index (χ4n) is 2.52. The molecule has 1 N–H and O–H groups in total. The molecule has 0 aliphatic carbocycles. The van der Waals surface area contributed by atoms with Crippen LogP contribution in [-0.2, 0) is 14.8 Å². The first kappa shape index (κ1) is 17.4. The number of hydrogen-bond donors (Lipinski definition) is 1. The summed E-state index contributed by atoms with van der Waals surface area (Å²) < 4.78 is 39.9. The van der Waals surface area contributed by atoms with Gasteiger partial charge in [-0.15, -0.1) is 0 Å². The minimum Gasteiger partial charge on any atom is -0.322 e. The van der Waals surface area contributed by atoms with Crippen LogP contribution in [0, 0.1) is 5.82 Å². The molecular formula is C14H18BrFN2O3S. The SMILES string of the molecule is CCCS(=O)(=O)N1CCCC1C(=O)Nc1ccc(Br)cc1F. The van der Waals surface area contributed by atoms with Gasteiger partial charge in [-0.2, -0.15) is 4.31 Å². The summed E-state index contributed by atoms with van der Waals surface area (Å²) >= 11 is 3.14. The molecule has 2 rings (SSSR count). The summed E-state index contributed by atoms with van der Waals surface area (Å²) in [6.45, 7) is 2.11. The molecular weight excluding hydrogens is 375 g/mol. The molecule has 8 heteroatoms. The van der Waals surface area contributed by atoms with E-state index in [4.69, 9.17) is 0 Å². The number of carbonyl (C=O) groups excluding carboxylic acids is 1. The third-order valence-corrected chi connectivity index (χ3v) is 6.08. The number of hydrogen-bond acceptors (Lipinski definition) is 3. The van der Waals surface area contributed by atoms with E-state index >= 15 is 0 Å². The van der Waals surface area contributed by atoms with Gasteiger partial charge in [0, 0.05) is 11.0 Å². The first-order valence-electron chi connectivity index (χ1n) is 7.10. The Balaban J connectivity index is 2.14. The Morgan fingerprint density at radius 3 is 2.86 bits per heavy atom. The first-order valence-corrected chi connectivity index (χ1v) is 9.51. The van der Waals surface area contributed by atoms with Crippen molar-refractivity contribution in [2.45, 2.75) is 32.2 Å². The molecule has 1 unspecified atom stereocenters. The van der Waals surface area contributed by atoms with Gasteiger partial charge >= 0.3 is 0 Å². The van der Waals surface area contributed by atoms with Crippen LogP contribution in [0.1, 0.15) is 26.2 Å². The van der Waals surface area contributed by atoms with Gasteiger partial charge in [-0.1, -0.05) is 22.9 Å². The quantitative estimate of drug-likeness (QED) is 0.837. The summed E-state index contributed by atoms with van der Waals surface area (Å²) in [7, 11) is -3.44. The van der Waals surface area contributed by atoms with E-state index in [1.807, 2.05) is 0 Å². The second-order valence-corrected chi connectivity index (χ2v) is 8.15. The molecule has 1 fully saturated rings. The van der Waals surface area contributed by atoms with E-state index in [0.717, 1.165) is 0 Å². The second kappa shape index (κ2) is 7.06. The molecule has 0 bridgehead atoms. The van der Waals surface area contributed by atoms with Crippen molar-refractivity contribution in [3.05, 3.63) is 28.5 Å². The average Bonchev–Trinajstić information content (AvgIpc) is 2.92. The minimum atomic E-state index is -3.44. The Morgan fingerprint density at radius 2 is 2.23 bits per heavy atom. The molecule has 122 valence electrons. The molecule has 22 heavy (non-hydrogen) atoms. The number of benzene rings is 1. The van der Waals surface area contributed by atoms with Crippen molar-refractivity contribution < 1.29 is 17.6 Å². The zero-order valence-corrected chi connectivity index (χ0v) is 14.6. The van der Waals surface area contributed by atoms with E-state index in [1.54, 1.807) is 13.0 Å². The van der Waals surface area contributed by atoms with Crippen LogP contribution in [0.5, 0.6) is 0 Å². The number of amides is 1. The number of anilines is 1. The molecule has 1 saturated heterocycles. The van der Waals surface area contributed by atoms with Crippen molar-refractivity contribution in [1.82, 2.24) is 4.31 Å². The lowest BCUT2D eigenvalue weighted by atomic mass is 10.2. The van der Waals surface area contributed by atoms with Gasteiger partial charge in [0.25, 0.3) is 0 Å². The normalized spacial score (nSPS) is 19.3. The average molecular weight is 393 g/mol. The summed E-state index contributed by atoms with van der Waals surface area (Å²) in [5, 5.41) is 2.48. The van der Waals surface area contributed by atoms with E-state index in [0.29, 0.717) is 30.3 Å². The van der Waals surface area contributed by atoms with E-state index in [1.165, 1.54) is 16.4 Å². The van der Waals surface area contributed by atoms with Crippen LogP contribution in [0.25, 0.3) is 0 Å². The first-order chi connectivity index (χ1) is 10.3.